The molecule has 0 unspecified atom stereocenters. The highest BCUT2D eigenvalue weighted by atomic mass is 32.1. The Morgan fingerprint density at radius 3 is 2.04 bits per heavy atom. The molecule has 226 valence electrons. The van der Waals surface area contributed by atoms with Crippen LogP contribution in [0.25, 0.3) is 44.3 Å². The average Bonchev–Trinajstić information content (AvgIpc) is 3.21. The van der Waals surface area contributed by atoms with Gasteiger partial charge in [0, 0.05) is 4.90 Å². The summed E-state index contributed by atoms with van der Waals surface area (Å²) < 4.78 is 0. The maximum atomic E-state index is 4.89. The van der Waals surface area contributed by atoms with E-state index in [1.165, 1.54) is 82.8 Å². The molecular formula is C44H44S. The van der Waals surface area contributed by atoms with Crippen molar-refractivity contribution in [1.29, 1.82) is 0 Å². The van der Waals surface area contributed by atoms with E-state index in [-0.39, 0.29) is 0 Å². The largest absolute Gasteiger partial charge is 0.143 e. The summed E-state index contributed by atoms with van der Waals surface area (Å²) in [5.74, 6) is 0. The Balaban J connectivity index is 0.000000963. The fourth-order valence-electron chi connectivity index (χ4n) is 7.19. The van der Waals surface area contributed by atoms with E-state index in [1.54, 1.807) is 0 Å². The van der Waals surface area contributed by atoms with E-state index < -0.39 is 0 Å². The zero-order chi connectivity index (χ0) is 32.1. The highest BCUT2D eigenvalue weighted by Gasteiger charge is 2.23. The topological polar surface area (TPSA) is 0 Å². The predicted octanol–water partition coefficient (Wildman–Crippen LogP) is 12.2. The van der Waals surface area contributed by atoms with Gasteiger partial charge in [0.1, 0.15) is 0 Å². The second kappa shape index (κ2) is 14.2. The molecule has 0 aromatic heterocycles. The van der Waals surface area contributed by atoms with Gasteiger partial charge in [0.15, 0.2) is 0 Å². The standard InChI is InChI=1S/C40H36S.C2H6.C2H2/c1-25-26(2)40(41)27(3)33-21-11-15-29(14-10-20-32(25)33)38-34-16-6-8-18-36(34)39(37-19-9-7-17-35(37)38)31-23-22-28-12-4-5-13-30(28)24-31;2*1-2/h4-8,11-18,22-24,41H,9-10,19-21H2,1-3H3;1-2H3;1-2H/b15-11-,29-14+;;. The maximum absolute atomic E-state index is 4.89. The molecule has 0 aliphatic heterocycles. The molecule has 5 aromatic rings. The van der Waals surface area contributed by atoms with Crippen molar-refractivity contribution in [2.45, 2.75) is 71.6 Å². The van der Waals surface area contributed by atoms with Crippen LogP contribution in [0.5, 0.6) is 0 Å². The first kappa shape index (κ1) is 32.2. The summed E-state index contributed by atoms with van der Waals surface area (Å²) in [4.78, 5) is 1.15. The van der Waals surface area contributed by atoms with E-state index in [0.717, 1.165) is 37.0 Å². The van der Waals surface area contributed by atoms with Crippen LogP contribution in [0.3, 0.4) is 0 Å². The summed E-state index contributed by atoms with van der Waals surface area (Å²) in [5, 5.41) is 5.28. The van der Waals surface area contributed by atoms with Crippen LogP contribution in [-0.4, -0.2) is 0 Å². The van der Waals surface area contributed by atoms with Gasteiger partial charge in [-0.25, -0.2) is 0 Å². The van der Waals surface area contributed by atoms with Crippen LogP contribution in [-0.2, 0) is 19.3 Å². The Labute approximate surface area is 276 Å². The molecule has 0 saturated carbocycles. The first-order valence-electron chi connectivity index (χ1n) is 16.3. The Bertz CT molecular complexity index is 1990. The Kier molecular flexibility index (Phi) is 10.2. The predicted molar refractivity (Wildman–Crippen MR) is 203 cm³/mol. The molecule has 2 aliphatic rings. The summed E-state index contributed by atoms with van der Waals surface area (Å²) in [6.45, 7) is 10.7. The number of allylic oxidation sites excluding steroid dienone is 5. The lowest BCUT2D eigenvalue weighted by atomic mass is 9.79. The lowest BCUT2D eigenvalue weighted by molar-refractivity contribution is 0.935. The van der Waals surface area contributed by atoms with E-state index >= 15 is 0 Å². The molecule has 45 heavy (non-hydrogen) atoms. The molecule has 1 heteroatoms. The molecule has 0 heterocycles. The van der Waals surface area contributed by atoms with Gasteiger partial charge < -0.3 is 0 Å². The molecule has 0 atom stereocenters. The molecule has 0 nitrogen and oxygen atoms in total. The van der Waals surface area contributed by atoms with Crippen molar-refractivity contribution in [1.82, 2.24) is 0 Å². The number of hydrogen-bond donors (Lipinski definition) is 1. The molecule has 0 N–H and O–H groups in total. The highest BCUT2D eigenvalue weighted by Crippen LogP contribution is 2.44. The molecular weight excluding hydrogens is 561 g/mol. The summed E-state index contributed by atoms with van der Waals surface area (Å²) in [5.41, 5.74) is 15.4. The quantitative estimate of drug-likeness (QED) is 0.150. The van der Waals surface area contributed by atoms with Gasteiger partial charge in [0.05, 0.1) is 0 Å². The van der Waals surface area contributed by atoms with Crippen molar-refractivity contribution in [3.63, 3.8) is 0 Å². The maximum Gasteiger partial charge on any atom is 0.0104 e. The van der Waals surface area contributed by atoms with Crippen LogP contribution in [0, 0.1) is 33.6 Å². The van der Waals surface area contributed by atoms with Gasteiger partial charge in [-0.1, -0.05) is 105 Å². The van der Waals surface area contributed by atoms with Crippen LogP contribution in [0.4, 0.5) is 0 Å². The third kappa shape index (κ3) is 5.93. The van der Waals surface area contributed by atoms with Gasteiger partial charge in [-0.2, -0.15) is 0 Å². The van der Waals surface area contributed by atoms with Gasteiger partial charge in [-0.3, -0.25) is 0 Å². The van der Waals surface area contributed by atoms with Gasteiger partial charge in [0.2, 0.25) is 0 Å². The van der Waals surface area contributed by atoms with Gasteiger partial charge in [-0.05, 0) is 142 Å². The number of thiol groups is 1. The summed E-state index contributed by atoms with van der Waals surface area (Å²) in [6.07, 6.45) is 25.2. The zero-order valence-electron chi connectivity index (χ0n) is 27.4. The van der Waals surface area contributed by atoms with E-state index in [0.29, 0.717) is 0 Å². The van der Waals surface area contributed by atoms with Crippen molar-refractivity contribution in [3.8, 4) is 24.0 Å². The van der Waals surface area contributed by atoms with E-state index in [9.17, 15) is 0 Å². The minimum absolute atomic E-state index is 0.943. The minimum atomic E-state index is 0.943. The van der Waals surface area contributed by atoms with Crippen molar-refractivity contribution in [3.05, 3.63) is 136 Å². The molecule has 0 radical (unpaired) electrons. The number of hydrogen-bond acceptors (Lipinski definition) is 1. The molecule has 0 amide bonds. The third-order valence-corrected chi connectivity index (χ3v) is 10.1. The van der Waals surface area contributed by atoms with Gasteiger partial charge in [-0.15, -0.1) is 25.5 Å². The molecule has 0 fully saturated rings. The Hall–Kier alpha value is -4.25. The number of rotatable bonds is 2. The monoisotopic (exact) mass is 604 g/mol. The molecule has 7 rings (SSSR count). The second-order valence-corrected chi connectivity index (χ2v) is 12.1. The average molecular weight is 605 g/mol. The Morgan fingerprint density at radius 1 is 0.622 bits per heavy atom. The smallest absolute Gasteiger partial charge is 0.0104 e. The van der Waals surface area contributed by atoms with Crippen molar-refractivity contribution >= 4 is 45.8 Å². The zero-order valence-corrected chi connectivity index (χ0v) is 28.3. The second-order valence-electron chi connectivity index (χ2n) is 11.7. The first-order valence-corrected chi connectivity index (χ1v) is 16.7. The van der Waals surface area contributed by atoms with Crippen LogP contribution < -0.4 is 0 Å². The molecule has 2 aliphatic carbocycles. The molecule has 5 aromatic carbocycles. The first-order chi connectivity index (χ1) is 22.0. The number of terminal acetylenes is 1. The molecule has 0 spiro atoms. The van der Waals surface area contributed by atoms with Gasteiger partial charge in [0.25, 0.3) is 0 Å². The number of fused-ring (bicyclic) bond motifs is 4. The molecule has 0 saturated heterocycles. The van der Waals surface area contributed by atoms with Crippen LogP contribution >= 0.6 is 12.6 Å². The SMILES string of the molecule is C#C.CC.Cc1c(C)c2c(c(C)c1S)C/C=C\C(c1c3c(c(-c4ccc5ccccc5c4)c4ccccc14)CCC=C3)=C/CC2. The molecule has 0 bridgehead atoms. The summed E-state index contributed by atoms with van der Waals surface area (Å²) in [7, 11) is 0. The van der Waals surface area contributed by atoms with E-state index in [1.807, 2.05) is 13.8 Å². The fraction of sp³-hybridized carbons (Fsp3) is 0.227. The summed E-state index contributed by atoms with van der Waals surface area (Å²) >= 11 is 4.89. The summed E-state index contributed by atoms with van der Waals surface area (Å²) in [6, 6.07) is 24.7. The number of benzene rings is 5. The van der Waals surface area contributed by atoms with Crippen LogP contribution in [0.15, 0.2) is 95.9 Å². The fourth-order valence-corrected chi connectivity index (χ4v) is 7.50. The van der Waals surface area contributed by atoms with Crippen molar-refractivity contribution in [2.24, 2.45) is 0 Å². The van der Waals surface area contributed by atoms with Crippen LogP contribution in [0.1, 0.15) is 71.2 Å². The normalized spacial score (nSPS) is 15.5. The van der Waals surface area contributed by atoms with Crippen molar-refractivity contribution in [2.75, 3.05) is 0 Å². The van der Waals surface area contributed by atoms with Crippen molar-refractivity contribution < 1.29 is 0 Å². The van der Waals surface area contributed by atoms with Gasteiger partial charge >= 0.3 is 0 Å². The van der Waals surface area contributed by atoms with E-state index in [2.05, 4.69) is 131 Å². The van der Waals surface area contributed by atoms with E-state index in [4.69, 9.17) is 12.6 Å². The lowest BCUT2D eigenvalue weighted by Crippen LogP contribution is -2.04. The lowest BCUT2D eigenvalue weighted by Gasteiger charge is -2.24. The highest BCUT2D eigenvalue weighted by molar-refractivity contribution is 7.80. The minimum Gasteiger partial charge on any atom is -0.143 e. The Morgan fingerprint density at radius 2 is 1.29 bits per heavy atom. The third-order valence-electron chi connectivity index (χ3n) is 9.45. The van der Waals surface area contributed by atoms with Crippen LogP contribution in [0.2, 0.25) is 0 Å².